The van der Waals surface area contributed by atoms with E-state index < -0.39 is 0 Å². The zero-order valence-corrected chi connectivity index (χ0v) is 16.6. The number of hydrogen-bond donors (Lipinski definition) is 1. The first kappa shape index (κ1) is 17.8. The topological polar surface area (TPSA) is 49.4 Å². The Labute approximate surface area is 169 Å². The fourth-order valence-corrected chi connectivity index (χ4v) is 6.01. The van der Waals surface area contributed by atoms with E-state index in [1.165, 1.54) is 34.0 Å². The zero-order valence-electron chi connectivity index (χ0n) is 15.8. The monoisotopic (exact) mass is 392 g/mol. The molecule has 0 saturated carbocycles. The van der Waals surface area contributed by atoms with Gasteiger partial charge in [-0.3, -0.25) is 9.59 Å². The van der Waals surface area contributed by atoms with Gasteiger partial charge in [0.2, 0.25) is 5.91 Å². The van der Waals surface area contributed by atoms with Crippen LogP contribution in [-0.2, 0) is 4.79 Å². The summed E-state index contributed by atoms with van der Waals surface area (Å²) in [6.07, 6.45) is 1.47. The van der Waals surface area contributed by atoms with E-state index in [1.807, 2.05) is 0 Å². The average molecular weight is 393 g/mol. The molecule has 2 amide bonds. The molecule has 28 heavy (non-hydrogen) atoms. The van der Waals surface area contributed by atoms with Crippen LogP contribution in [0.2, 0.25) is 0 Å². The summed E-state index contributed by atoms with van der Waals surface area (Å²) >= 11 is 1.34. The quantitative estimate of drug-likeness (QED) is 0.838. The van der Waals surface area contributed by atoms with Gasteiger partial charge >= 0.3 is 0 Å². The van der Waals surface area contributed by atoms with Crippen molar-refractivity contribution in [3.63, 3.8) is 0 Å². The Morgan fingerprint density at radius 2 is 1.68 bits per heavy atom. The Kier molecular flexibility index (Phi) is 4.63. The van der Waals surface area contributed by atoms with E-state index in [-0.39, 0.29) is 11.1 Å². The minimum atomic E-state index is 0.0488. The van der Waals surface area contributed by atoms with Crippen LogP contribution < -0.4 is 5.32 Å². The highest BCUT2D eigenvalue weighted by Gasteiger charge is 2.42. The molecule has 0 unspecified atom stereocenters. The molecule has 0 spiro atoms. The van der Waals surface area contributed by atoms with Crippen molar-refractivity contribution in [2.24, 2.45) is 5.92 Å². The van der Waals surface area contributed by atoms with Gasteiger partial charge < -0.3 is 10.2 Å². The molecule has 2 aromatic rings. The van der Waals surface area contributed by atoms with Crippen molar-refractivity contribution >= 4 is 22.9 Å². The van der Waals surface area contributed by atoms with E-state index in [1.54, 1.807) is 4.90 Å². The number of fused-ring (bicyclic) bond motifs is 1. The van der Waals surface area contributed by atoms with Crippen LogP contribution >= 0.6 is 11.8 Å². The molecule has 1 fully saturated rings. The van der Waals surface area contributed by atoms with Crippen LogP contribution in [0.1, 0.15) is 46.9 Å². The van der Waals surface area contributed by atoms with Gasteiger partial charge in [-0.1, -0.05) is 60.3 Å². The first-order valence-electron chi connectivity index (χ1n) is 10.1. The predicted molar refractivity (Wildman–Crippen MR) is 112 cm³/mol. The van der Waals surface area contributed by atoms with E-state index in [0.29, 0.717) is 37.3 Å². The average Bonchev–Trinajstić information content (AvgIpc) is 3.15. The van der Waals surface area contributed by atoms with Crippen LogP contribution in [0.4, 0.5) is 4.79 Å². The summed E-state index contributed by atoms with van der Waals surface area (Å²) in [6.45, 7) is 1.99. The van der Waals surface area contributed by atoms with E-state index in [4.69, 9.17) is 0 Å². The molecule has 1 saturated heterocycles. The third kappa shape index (κ3) is 3.02. The molecule has 1 heterocycles. The van der Waals surface area contributed by atoms with Crippen molar-refractivity contribution in [1.82, 2.24) is 10.2 Å². The summed E-state index contributed by atoms with van der Waals surface area (Å²) in [4.78, 5) is 25.8. The highest BCUT2D eigenvalue weighted by molar-refractivity contribution is 8.13. The number of benzene rings is 2. The molecule has 1 atom stereocenters. The van der Waals surface area contributed by atoms with Gasteiger partial charge in [0, 0.05) is 43.6 Å². The summed E-state index contributed by atoms with van der Waals surface area (Å²) in [6, 6.07) is 17.6. The molecule has 4 aliphatic rings. The molecule has 1 aliphatic heterocycles. The molecule has 0 radical (unpaired) electrons. The lowest BCUT2D eigenvalue weighted by molar-refractivity contribution is -0.121. The van der Waals surface area contributed by atoms with E-state index in [0.717, 1.165) is 18.7 Å². The van der Waals surface area contributed by atoms with Crippen molar-refractivity contribution in [2.45, 2.75) is 24.7 Å². The SMILES string of the molecule is O=C(CCN1CCSC1=O)NC[C@@H]1CC2c3ccccc3C1c1ccccc12. The second-order valence-corrected chi connectivity index (χ2v) is 8.99. The van der Waals surface area contributed by atoms with Gasteiger partial charge in [-0.25, -0.2) is 0 Å². The Morgan fingerprint density at radius 1 is 1.04 bits per heavy atom. The van der Waals surface area contributed by atoms with Crippen molar-refractivity contribution in [2.75, 3.05) is 25.4 Å². The van der Waals surface area contributed by atoms with Crippen LogP contribution in [0.15, 0.2) is 48.5 Å². The third-order valence-electron chi connectivity index (χ3n) is 6.44. The first-order valence-corrected chi connectivity index (χ1v) is 11.1. The Bertz CT molecular complexity index is 881. The summed E-state index contributed by atoms with van der Waals surface area (Å²) in [5.74, 6) is 2.09. The fourth-order valence-electron chi connectivity index (χ4n) is 5.16. The Morgan fingerprint density at radius 3 is 2.29 bits per heavy atom. The van der Waals surface area contributed by atoms with Gasteiger partial charge in [0.15, 0.2) is 0 Å². The van der Waals surface area contributed by atoms with Crippen LogP contribution in [0, 0.1) is 5.92 Å². The number of nitrogens with zero attached hydrogens (tertiary/aromatic N) is 1. The summed E-state index contributed by atoms with van der Waals surface area (Å²) in [5.41, 5.74) is 5.77. The third-order valence-corrected chi connectivity index (χ3v) is 7.33. The summed E-state index contributed by atoms with van der Waals surface area (Å²) in [5, 5.41) is 3.26. The van der Waals surface area contributed by atoms with E-state index >= 15 is 0 Å². The molecule has 4 nitrogen and oxygen atoms in total. The van der Waals surface area contributed by atoms with Gasteiger partial charge in [-0.05, 0) is 34.6 Å². The molecule has 2 bridgehead atoms. The van der Waals surface area contributed by atoms with Crippen LogP contribution in [0.5, 0.6) is 0 Å². The van der Waals surface area contributed by atoms with Gasteiger partial charge in [0.25, 0.3) is 5.24 Å². The Balaban J connectivity index is 1.28. The molecule has 2 aromatic carbocycles. The Hall–Kier alpha value is -2.27. The lowest BCUT2D eigenvalue weighted by atomic mass is 9.59. The van der Waals surface area contributed by atoms with Gasteiger partial charge in [0.1, 0.15) is 0 Å². The summed E-state index contributed by atoms with van der Waals surface area (Å²) < 4.78 is 0. The second kappa shape index (κ2) is 7.28. The van der Waals surface area contributed by atoms with Gasteiger partial charge in [-0.2, -0.15) is 0 Å². The number of nitrogens with one attached hydrogen (secondary N) is 1. The smallest absolute Gasteiger partial charge is 0.281 e. The first-order chi connectivity index (χ1) is 13.7. The molecule has 3 aliphatic carbocycles. The van der Waals surface area contributed by atoms with Gasteiger partial charge in [0.05, 0.1) is 0 Å². The van der Waals surface area contributed by atoms with Crippen molar-refractivity contribution < 1.29 is 9.59 Å². The summed E-state index contributed by atoms with van der Waals surface area (Å²) in [7, 11) is 0. The minimum absolute atomic E-state index is 0.0488. The van der Waals surface area contributed by atoms with Crippen LogP contribution in [0.3, 0.4) is 0 Å². The zero-order chi connectivity index (χ0) is 19.1. The fraction of sp³-hybridized carbons (Fsp3) is 0.391. The molecule has 0 aromatic heterocycles. The largest absolute Gasteiger partial charge is 0.356 e. The lowest BCUT2D eigenvalue weighted by Crippen LogP contribution is -2.40. The van der Waals surface area contributed by atoms with Crippen molar-refractivity contribution in [3.05, 3.63) is 70.8 Å². The van der Waals surface area contributed by atoms with E-state index in [2.05, 4.69) is 53.8 Å². The maximum Gasteiger partial charge on any atom is 0.281 e. The number of amides is 2. The predicted octanol–water partition coefficient (Wildman–Crippen LogP) is 3.96. The van der Waals surface area contributed by atoms with Crippen LogP contribution in [-0.4, -0.2) is 41.4 Å². The molecule has 5 heteroatoms. The number of rotatable bonds is 5. The van der Waals surface area contributed by atoms with Crippen molar-refractivity contribution in [1.29, 1.82) is 0 Å². The number of carbonyl (C=O) groups is 2. The normalized spacial score (nSPS) is 24.8. The molecule has 1 N–H and O–H groups in total. The highest BCUT2D eigenvalue weighted by atomic mass is 32.2. The molecule has 6 rings (SSSR count). The number of thioether (sulfide) groups is 1. The molecule has 144 valence electrons. The van der Waals surface area contributed by atoms with Crippen LogP contribution in [0.25, 0.3) is 0 Å². The highest BCUT2D eigenvalue weighted by Crippen LogP contribution is 2.55. The molecular weight excluding hydrogens is 368 g/mol. The minimum Gasteiger partial charge on any atom is -0.356 e. The number of carbonyl (C=O) groups excluding carboxylic acids is 2. The van der Waals surface area contributed by atoms with E-state index in [9.17, 15) is 9.59 Å². The maximum atomic E-state index is 12.4. The standard InChI is InChI=1S/C23H24N2O2S/c26-21(9-10-25-11-12-28-23(25)27)24-14-15-13-20-16-5-1-3-7-18(16)22(15)19-8-4-2-6-17(19)20/h1-8,15,20,22H,9-14H2,(H,24,26)/t15-,20?,22?/m0/s1. The lowest BCUT2D eigenvalue weighted by Gasteiger charge is -2.45. The van der Waals surface area contributed by atoms with Gasteiger partial charge in [-0.15, -0.1) is 0 Å². The molecular formula is C23H24N2O2S. The second-order valence-electron chi connectivity index (χ2n) is 7.94. The van der Waals surface area contributed by atoms with Crippen molar-refractivity contribution in [3.8, 4) is 0 Å². The number of hydrogen-bond acceptors (Lipinski definition) is 3. The maximum absolute atomic E-state index is 12.4.